The summed E-state index contributed by atoms with van der Waals surface area (Å²) in [6, 6.07) is 10.7. The number of phenols is 2. The van der Waals surface area contributed by atoms with Gasteiger partial charge in [0.15, 0.2) is 5.76 Å². The number of aliphatic hydroxyl groups excluding tert-OH is 1. The van der Waals surface area contributed by atoms with E-state index >= 15 is 0 Å². The quantitative estimate of drug-likeness (QED) is 0.616. The van der Waals surface area contributed by atoms with Crippen LogP contribution in [0.5, 0.6) is 11.5 Å². The summed E-state index contributed by atoms with van der Waals surface area (Å²) in [6.45, 7) is 0. The number of Topliss-reactive ketones (excluding diaryl/α,β-unsaturated/α-hetero) is 1. The number of hydrogen-bond donors (Lipinski definition) is 4. The third kappa shape index (κ3) is 2.49. The molecule has 3 rings (SSSR count). The number of phenolic OH excluding ortho intramolecular Hbond substituents is 2. The van der Waals surface area contributed by atoms with E-state index in [9.17, 15) is 30.0 Å². The Kier molecular flexibility index (Phi) is 4.17. The zero-order chi connectivity index (χ0) is 19.1. The van der Waals surface area contributed by atoms with Gasteiger partial charge in [-0.2, -0.15) is 0 Å². The normalized spacial score (nSPS) is 22.5. The lowest BCUT2D eigenvalue weighted by Gasteiger charge is -2.29. The Hall–Kier alpha value is -3.32. The number of methoxy groups -OCH3 is 1. The molecule has 1 aliphatic carbocycles. The largest absolute Gasteiger partial charge is 0.508 e. The van der Waals surface area contributed by atoms with E-state index in [0.29, 0.717) is 0 Å². The molecule has 4 N–H and O–H groups in total. The van der Waals surface area contributed by atoms with E-state index < -0.39 is 29.0 Å². The second kappa shape index (κ2) is 6.20. The van der Waals surface area contributed by atoms with Gasteiger partial charge in [-0.05, 0) is 35.4 Å². The van der Waals surface area contributed by atoms with Crippen LogP contribution in [0.15, 0.2) is 54.3 Å². The number of aliphatic hydroxyl groups is 2. The van der Waals surface area contributed by atoms with E-state index in [2.05, 4.69) is 0 Å². The fourth-order valence-electron chi connectivity index (χ4n) is 3.19. The van der Waals surface area contributed by atoms with Crippen LogP contribution in [0.4, 0.5) is 0 Å². The molecule has 0 saturated heterocycles. The van der Waals surface area contributed by atoms with Gasteiger partial charge in [0, 0.05) is 5.57 Å². The standard InChI is InChI=1S/C19H16O7/c1-26-18(24)19(25)14(10-2-6-12(20)7-3-10)16(22)17(23)15(19)11-4-8-13(21)9-5-11/h2-9,14,20-21,23,25H,1H3/t14-,19+/m0/s1. The molecule has 1 aliphatic rings. The number of hydrogen-bond acceptors (Lipinski definition) is 7. The van der Waals surface area contributed by atoms with E-state index in [1.165, 1.54) is 48.5 Å². The Morgan fingerprint density at radius 3 is 1.96 bits per heavy atom. The van der Waals surface area contributed by atoms with E-state index in [-0.39, 0.29) is 28.2 Å². The van der Waals surface area contributed by atoms with Gasteiger partial charge in [-0.3, -0.25) is 4.79 Å². The molecule has 0 unspecified atom stereocenters. The zero-order valence-corrected chi connectivity index (χ0v) is 13.7. The molecule has 7 heteroatoms. The summed E-state index contributed by atoms with van der Waals surface area (Å²) in [5, 5.41) is 40.5. The predicted octanol–water partition coefficient (Wildman–Crippen LogP) is 1.64. The Bertz CT molecular complexity index is 896. The molecule has 0 saturated carbocycles. The lowest BCUT2D eigenvalue weighted by Crippen LogP contribution is -2.45. The van der Waals surface area contributed by atoms with Crippen molar-refractivity contribution in [2.75, 3.05) is 7.11 Å². The molecule has 0 aromatic heterocycles. The molecule has 0 spiro atoms. The topological polar surface area (TPSA) is 124 Å². The van der Waals surface area contributed by atoms with Gasteiger partial charge in [0.1, 0.15) is 11.5 Å². The van der Waals surface area contributed by atoms with Gasteiger partial charge < -0.3 is 25.2 Å². The molecule has 2 aromatic rings. The fraction of sp³-hybridized carbons (Fsp3) is 0.158. The van der Waals surface area contributed by atoms with Crippen molar-refractivity contribution in [1.82, 2.24) is 0 Å². The van der Waals surface area contributed by atoms with Crippen LogP contribution < -0.4 is 0 Å². The average molecular weight is 356 g/mol. The minimum Gasteiger partial charge on any atom is -0.508 e. The van der Waals surface area contributed by atoms with Gasteiger partial charge in [-0.25, -0.2) is 4.79 Å². The number of benzene rings is 2. The molecule has 0 bridgehead atoms. The fourth-order valence-corrected chi connectivity index (χ4v) is 3.19. The summed E-state index contributed by atoms with van der Waals surface area (Å²) in [5.74, 6) is -4.30. The van der Waals surface area contributed by atoms with Gasteiger partial charge in [-0.1, -0.05) is 24.3 Å². The van der Waals surface area contributed by atoms with Crippen molar-refractivity contribution in [2.24, 2.45) is 0 Å². The molecule has 0 heterocycles. The van der Waals surface area contributed by atoms with Crippen molar-refractivity contribution >= 4 is 17.3 Å². The van der Waals surface area contributed by atoms with Crippen molar-refractivity contribution in [1.29, 1.82) is 0 Å². The second-order valence-corrected chi connectivity index (χ2v) is 5.92. The number of aromatic hydroxyl groups is 2. The molecular weight excluding hydrogens is 340 g/mol. The number of allylic oxidation sites excluding steroid dienone is 1. The first-order valence-corrected chi connectivity index (χ1v) is 7.67. The van der Waals surface area contributed by atoms with Gasteiger partial charge in [0.25, 0.3) is 0 Å². The first kappa shape index (κ1) is 17.5. The zero-order valence-electron chi connectivity index (χ0n) is 13.7. The summed E-state index contributed by atoms with van der Waals surface area (Å²) >= 11 is 0. The average Bonchev–Trinajstić information content (AvgIpc) is 2.83. The first-order chi connectivity index (χ1) is 12.3. The van der Waals surface area contributed by atoms with E-state index in [0.717, 1.165) is 7.11 Å². The minimum atomic E-state index is -2.47. The van der Waals surface area contributed by atoms with Crippen molar-refractivity contribution in [3.63, 3.8) is 0 Å². The molecule has 0 fully saturated rings. The monoisotopic (exact) mass is 356 g/mol. The Morgan fingerprint density at radius 2 is 1.46 bits per heavy atom. The van der Waals surface area contributed by atoms with Crippen LogP contribution in [-0.4, -0.2) is 44.9 Å². The molecule has 7 nitrogen and oxygen atoms in total. The van der Waals surface area contributed by atoms with Gasteiger partial charge in [0.05, 0.1) is 13.0 Å². The number of esters is 1. The second-order valence-electron chi connectivity index (χ2n) is 5.92. The van der Waals surface area contributed by atoms with Crippen molar-refractivity contribution in [2.45, 2.75) is 11.5 Å². The van der Waals surface area contributed by atoms with Crippen molar-refractivity contribution in [3.8, 4) is 11.5 Å². The highest BCUT2D eigenvalue weighted by atomic mass is 16.5. The molecule has 2 atom stereocenters. The van der Waals surface area contributed by atoms with Crippen molar-refractivity contribution in [3.05, 3.63) is 65.4 Å². The number of rotatable bonds is 3. The predicted molar refractivity (Wildman–Crippen MR) is 90.5 cm³/mol. The van der Waals surface area contributed by atoms with Crippen LogP contribution >= 0.6 is 0 Å². The molecule has 0 radical (unpaired) electrons. The highest BCUT2D eigenvalue weighted by molar-refractivity contribution is 6.19. The Labute approximate surface area is 148 Å². The van der Waals surface area contributed by atoms with Crippen molar-refractivity contribution < 1.29 is 34.8 Å². The van der Waals surface area contributed by atoms with Gasteiger partial charge >= 0.3 is 5.97 Å². The lowest BCUT2D eigenvalue weighted by molar-refractivity contribution is -0.159. The maximum atomic E-state index is 12.7. The lowest BCUT2D eigenvalue weighted by atomic mass is 9.78. The van der Waals surface area contributed by atoms with Crippen LogP contribution in [0, 0.1) is 0 Å². The molecular formula is C19H16O7. The maximum absolute atomic E-state index is 12.7. The summed E-state index contributed by atoms with van der Waals surface area (Å²) in [4.78, 5) is 25.1. The van der Waals surface area contributed by atoms with Crippen LogP contribution in [0.25, 0.3) is 5.57 Å². The van der Waals surface area contributed by atoms with Crippen LogP contribution in [-0.2, 0) is 14.3 Å². The van der Waals surface area contributed by atoms with Gasteiger partial charge in [-0.15, -0.1) is 0 Å². The van der Waals surface area contributed by atoms with E-state index in [1.807, 2.05) is 0 Å². The molecule has 26 heavy (non-hydrogen) atoms. The summed E-state index contributed by atoms with van der Waals surface area (Å²) in [7, 11) is 1.06. The SMILES string of the molecule is COC(=O)[C@]1(O)C(c2ccc(O)cc2)=C(O)C(=O)[C@@H]1c1ccc(O)cc1. The first-order valence-electron chi connectivity index (χ1n) is 7.67. The van der Waals surface area contributed by atoms with E-state index in [4.69, 9.17) is 4.74 Å². The van der Waals surface area contributed by atoms with Crippen LogP contribution in [0.1, 0.15) is 17.0 Å². The Morgan fingerprint density at radius 1 is 0.962 bits per heavy atom. The Balaban J connectivity index is 2.22. The maximum Gasteiger partial charge on any atom is 0.343 e. The summed E-state index contributed by atoms with van der Waals surface area (Å²) < 4.78 is 4.70. The third-order valence-electron chi connectivity index (χ3n) is 4.41. The van der Waals surface area contributed by atoms with Crippen LogP contribution in [0.2, 0.25) is 0 Å². The molecule has 0 aliphatic heterocycles. The molecule has 2 aromatic carbocycles. The third-order valence-corrected chi connectivity index (χ3v) is 4.41. The smallest absolute Gasteiger partial charge is 0.343 e. The number of ether oxygens (including phenoxy) is 1. The summed E-state index contributed by atoms with van der Waals surface area (Å²) in [6.07, 6.45) is 0. The highest BCUT2D eigenvalue weighted by Crippen LogP contribution is 2.49. The van der Waals surface area contributed by atoms with Crippen LogP contribution in [0.3, 0.4) is 0 Å². The minimum absolute atomic E-state index is 0.0586. The number of ketones is 1. The summed E-state index contributed by atoms with van der Waals surface area (Å²) in [5.41, 5.74) is -2.36. The molecule has 134 valence electrons. The number of carbonyl (C=O) groups excluding carboxylic acids is 2. The highest BCUT2D eigenvalue weighted by Gasteiger charge is 2.60. The number of carbonyl (C=O) groups is 2. The van der Waals surface area contributed by atoms with Gasteiger partial charge in [0.2, 0.25) is 11.4 Å². The molecule has 0 amide bonds. The van der Waals surface area contributed by atoms with E-state index in [1.54, 1.807) is 0 Å².